The van der Waals surface area contributed by atoms with Gasteiger partial charge < -0.3 is 0 Å². The molecule has 0 aliphatic rings. The zero-order valence-electron chi connectivity index (χ0n) is 7.40. The number of hydrogen-bond donors (Lipinski definition) is 0. The number of benzene rings is 2. The molecule has 0 unspecified atom stereocenters. The fraction of sp³-hybridized carbons (Fsp3) is 0.167. The Labute approximate surface area is 87.5 Å². The molecule has 2 radical (unpaired) electrons. The van der Waals surface area contributed by atoms with Gasteiger partial charge in [-0.1, -0.05) is 0 Å². The Kier molecular flexibility index (Phi) is 2.70. The van der Waals surface area contributed by atoms with Crippen LogP contribution in [0.2, 0.25) is 5.21 Å². The molecule has 13 heavy (non-hydrogen) atoms. The van der Waals surface area contributed by atoms with Crippen molar-refractivity contribution in [3.63, 3.8) is 0 Å². The molecule has 2 rings (SSSR count). The molecule has 1 heteroatoms. The van der Waals surface area contributed by atoms with E-state index in [9.17, 15) is 0 Å². The third-order valence-corrected chi connectivity index (χ3v) is 2.68. The van der Waals surface area contributed by atoms with Crippen LogP contribution in [0.15, 0.2) is 42.5 Å². The maximum absolute atomic E-state index is 2.63. The fourth-order valence-corrected chi connectivity index (χ4v) is 2.07. The van der Waals surface area contributed by atoms with E-state index in [1.807, 2.05) is 0 Å². The Morgan fingerprint density at radius 3 is 2.46 bits per heavy atom. The van der Waals surface area contributed by atoms with Gasteiger partial charge in [0, 0.05) is 0 Å². The zero-order chi connectivity index (χ0) is 9.10. The first kappa shape index (κ1) is 8.84. The molecule has 0 saturated heterocycles. The standard InChI is InChI=1S/C12H11As/c13-8-7-10-5-6-11-3-1-2-4-12(11)9-10/h1-6,9H,7-8H2. The second-order valence-electron chi connectivity index (χ2n) is 3.16. The van der Waals surface area contributed by atoms with Crippen molar-refractivity contribution in [3.05, 3.63) is 48.0 Å². The van der Waals surface area contributed by atoms with Crippen molar-refractivity contribution in [2.75, 3.05) is 0 Å². The molecule has 0 amide bonds. The van der Waals surface area contributed by atoms with Gasteiger partial charge >= 0.3 is 87.3 Å². The van der Waals surface area contributed by atoms with Crippen molar-refractivity contribution in [3.8, 4) is 0 Å². The van der Waals surface area contributed by atoms with Crippen molar-refractivity contribution >= 4 is 27.6 Å². The Balaban J connectivity index is 2.49. The van der Waals surface area contributed by atoms with Gasteiger partial charge in [-0.15, -0.1) is 0 Å². The van der Waals surface area contributed by atoms with Crippen LogP contribution in [-0.4, -0.2) is 16.9 Å². The summed E-state index contributed by atoms with van der Waals surface area (Å²) >= 11 is 2.63. The van der Waals surface area contributed by atoms with E-state index in [2.05, 4.69) is 59.3 Å². The topological polar surface area (TPSA) is 0 Å². The van der Waals surface area contributed by atoms with Crippen LogP contribution >= 0.6 is 0 Å². The minimum absolute atomic E-state index is 1.16. The van der Waals surface area contributed by atoms with Crippen LogP contribution in [0.1, 0.15) is 5.56 Å². The Morgan fingerprint density at radius 1 is 0.923 bits per heavy atom. The summed E-state index contributed by atoms with van der Waals surface area (Å²) in [5.74, 6) is 0. The summed E-state index contributed by atoms with van der Waals surface area (Å²) in [5.41, 5.74) is 1.43. The van der Waals surface area contributed by atoms with Crippen molar-refractivity contribution in [2.45, 2.75) is 11.6 Å². The monoisotopic (exact) mass is 230 g/mol. The molecule has 0 saturated carbocycles. The van der Waals surface area contributed by atoms with Gasteiger partial charge in [-0.3, -0.25) is 0 Å². The third-order valence-electron chi connectivity index (χ3n) is 2.21. The molecule has 2 aromatic carbocycles. The van der Waals surface area contributed by atoms with E-state index in [0.717, 1.165) is 11.6 Å². The summed E-state index contributed by atoms with van der Waals surface area (Å²) in [7, 11) is 0. The summed E-state index contributed by atoms with van der Waals surface area (Å²) in [5, 5.41) is 3.84. The molecule has 0 fully saturated rings. The van der Waals surface area contributed by atoms with Gasteiger partial charge in [0.2, 0.25) is 0 Å². The molecule has 0 heterocycles. The maximum atomic E-state index is 2.63. The second-order valence-corrected chi connectivity index (χ2v) is 4.09. The molecule has 0 aromatic heterocycles. The summed E-state index contributed by atoms with van der Waals surface area (Å²) < 4.78 is 0. The fourth-order valence-electron chi connectivity index (χ4n) is 1.52. The van der Waals surface area contributed by atoms with Gasteiger partial charge in [0.25, 0.3) is 0 Å². The van der Waals surface area contributed by atoms with Gasteiger partial charge in [-0.25, -0.2) is 0 Å². The Hall–Kier alpha value is -0.742. The van der Waals surface area contributed by atoms with E-state index in [4.69, 9.17) is 0 Å². The molecular weight excluding hydrogens is 219 g/mol. The van der Waals surface area contributed by atoms with Gasteiger partial charge in [0.1, 0.15) is 0 Å². The molecule has 0 spiro atoms. The van der Waals surface area contributed by atoms with Crippen LogP contribution in [0.25, 0.3) is 10.8 Å². The quantitative estimate of drug-likeness (QED) is 0.696. The summed E-state index contributed by atoms with van der Waals surface area (Å²) in [6, 6.07) is 15.2. The van der Waals surface area contributed by atoms with Crippen molar-refractivity contribution < 1.29 is 0 Å². The second kappa shape index (κ2) is 3.98. The van der Waals surface area contributed by atoms with Crippen LogP contribution in [0.3, 0.4) is 0 Å². The molecule has 0 atom stereocenters. The molecule has 0 nitrogen and oxygen atoms in total. The van der Waals surface area contributed by atoms with Crippen LogP contribution in [0.5, 0.6) is 0 Å². The van der Waals surface area contributed by atoms with E-state index in [-0.39, 0.29) is 0 Å². The van der Waals surface area contributed by atoms with E-state index in [1.54, 1.807) is 0 Å². The molecule has 0 aliphatic carbocycles. The summed E-state index contributed by atoms with van der Waals surface area (Å²) in [4.78, 5) is 0. The predicted octanol–water partition coefficient (Wildman–Crippen LogP) is 2.97. The summed E-state index contributed by atoms with van der Waals surface area (Å²) in [6.07, 6.45) is 1.16. The number of hydrogen-bond acceptors (Lipinski definition) is 0. The molecular formula is C12H11As. The van der Waals surface area contributed by atoms with E-state index >= 15 is 0 Å². The third kappa shape index (κ3) is 1.95. The Bertz CT molecular complexity index is 407. The number of fused-ring (bicyclic) bond motifs is 1. The van der Waals surface area contributed by atoms with Crippen LogP contribution in [-0.2, 0) is 6.42 Å². The molecule has 0 N–H and O–H groups in total. The van der Waals surface area contributed by atoms with Gasteiger partial charge in [-0.2, -0.15) is 0 Å². The summed E-state index contributed by atoms with van der Waals surface area (Å²) in [6.45, 7) is 0. The first-order chi connectivity index (χ1) is 6.40. The average molecular weight is 230 g/mol. The van der Waals surface area contributed by atoms with Gasteiger partial charge in [0.05, 0.1) is 0 Å². The van der Waals surface area contributed by atoms with E-state index in [1.165, 1.54) is 16.3 Å². The average Bonchev–Trinajstić information content (AvgIpc) is 2.18. The van der Waals surface area contributed by atoms with Gasteiger partial charge in [0.15, 0.2) is 0 Å². The van der Waals surface area contributed by atoms with Crippen LogP contribution in [0, 0.1) is 0 Å². The minimum atomic E-state index is 1.16. The van der Waals surface area contributed by atoms with E-state index in [0.29, 0.717) is 0 Å². The molecule has 0 aliphatic heterocycles. The van der Waals surface area contributed by atoms with E-state index < -0.39 is 0 Å². The number of rotatable bonds is 2. The molecule has 2 aromatic rings. The van der Waals surface area contributed by atoms with Crippen LogP contribution in [0.4, 0.5) is 0 Å². The van der Waals surface area contributed by atoms with Crippen molar-refractivity contribution in [1.29, 1.82) is 0 Å². The Morgan fingerprint density at radius 2 is 1.69 bits per heavy atom. The molecule has 64 valence electrons. The molecule has 0 bridgehead atoms. The van der Waals surface area contributed by atoms with Crippen LogP contribution < -0.4 is 0 Å². The zero-order valence-corrected chi connectivity index (χ0v) is 9.28. The predicted molar refractivity (Wildman–Crippen MR) is 58.2 cm³/mol. The normalized spacial score (nSPS) is 10.5. The first-order valence-corrected chi connectivity index (χ1v) is 5.81. The van der Waals surface area contributed by atoms with Crippen molar-refractivity contribution in [2.24, 2.45) is 0 Å². The number of aryl methyl sites for hydroxylation is 1. The van der Waals surface area contributed by atoms with Crippen molar-refractivity contribution in [1.82, 2.24) is 0 Å². The van der Waals surface area contributed by atoms with Gasteiger partial charge in [-0.05, 0) is 0 Å². The SMILES string of the molecule is [As]CCc1ccc2ccccc2c1. The first-order valence-electron chi connectivity index (χ1n) is 4.49.